The second-order valence-corrected chi connectivity index (χ2v) is 6.25. The van der Waals surface area contributed by atoms with Crippen molar-refractivity contribution < 1.29 is 4.39 Å². The third-order valence-electron chi connectivity index (χ3n) is 3.15. The molecule has 0 spiro atoms. The first-order chi connectivity index (χ1) is 10.1. The second-order valence-electron chi connectivity index (χ2n) is 4.99. The number of nitrogens with one attached hydrogen (secondary N) is 2. The molecule has 0 atom stereocenters. The number of benzene rings is 1. The van der Waals surface area contributed by atoms with Gasteiger partial charge in [0, 0.05) is 17.8 Å². The van der Waals surface area contributed by atoms with Crippen molar-refractivity contribution in [3.05, 3.63) is 46.3 Å². The molecule has 1 aromatic carbocycles. The number of hydrogen-bond acceptors (Lipinski definition) is 2. The third kappa shape index (κ3) is 3.79. The number of anilines is 1. The molecule has 0 unspecified atom stereocenters. The summed E-state index contributed by atoms with van der Waals surface area (Å²) < 4.78 is 16.1. The highest BCUT2D eigenvalue weighted by molar-refractivity contribution is 9.10. The van der Waals surface area contributed by atoms with Gasteiger partial charge in [0.15, 0.2) is 10.9 Å². The lowest BCUT2D eigenvalue weighted by molar-refractivity contribution is 0.585. The highest BCUT2D eigenvalue weighted by Crippen LogP contribution is 2.22. The molecule has 0 amide bonds. The maximum Gasteiger partial charge on any atom is 0.172 e. The topological polar surface area (TPSA) is 41.9 Å². The molecule has 1 saturated carbocycles. The molecule has 1 aromatic heterocycles. The first-order valence-electron chi connectivity index (χ1n) is 6.65. The maximum atomic E-state index is 13.6. The van der Waals surface area contributed by atoms with Crippen LogP contribution in [0.25, 0.3) is 0 Å². The highest BCUT2D eigenvalue weighted by Gasteiger charge is 2.22. The van der Waals surface area contributed by atoms with Crippen molar-refractivity contribution in [1.82, 2.24) is 15.1 Å². The van der Waals surface area contributed by atoms with Gasteiger partial charge in [-0.1, -0.05) is 18.2 Å². The van der Waals surface area contributed by atoms with Crippen molar-refractivity contribution in [2.45, 2.75) is 25.4 Å². The normalized spacial score (nSPS) is 14.0. The van der Waals surface area contributed by atoms with E-state index in [9.17, 15) is 4.39 Å². The standard InChI is InChI=1S/C14H14BrFN4S/c15-11-8-20(7-9-3-1-2-4-12(9)16)19-13(11)18-14(21)17-10-5-6-10/h1-4,8,10H,5-7H2,(H2,17,18,19,21). The molecule has 1 aliphatic carbocycles. The van der Waals surface area contributed by atoms with Crippen LogP contribution in [0.4, 0.5) is 10.2 Å². The van der Waals surface area contributed by atoms with Crippen molar-refractivity contribution in [1.29, 1.82) is 0 Å². The lowest BCUT2D eigenvalue weighted by Crippen LogP contribution is -2.30. The first kappa shape index (κ1) is 14.5. The van der Waals surface area contributed by atoms with E-state index in [2.05, 4.69) is 31.7 Å². The fraction of sp³-hybridized carbons (Fsp3) is 0.286. The quantitative estimate of drug-likeness (QED) is 0.812. The molecule has 0 radical (unpaired) electrons. The smallest absolute Gasteiger partial charge is 0.172 e. The van der Waals surface area contributed by atoms with Crippen LogP contribution in [-0.4, -0.2) is 20.9 Å². The summed E-state index contributed by atoms with van der Waals surface area (Å²) in [5.41, 5.74) is 0.595. The van der Waals surface area contributed by atoms with Crippen molar-refractivity contribution in [3.63, 3.8) is 0 Å². The van der Waals surface area contributed by atoms with Gasteiger partial charge in [0.25, 0.3) is 0 Å². The number of rotatable bonds is 4. The molecule has 0 saturated heterocycles. The van der Waals surface area contributed by atoms with Gasteiger partial charge in [-0.25, -0.2) is 4.39 Å². The van der Waals surface area contributed by atoms with Crippen LogP contribution in [-0.2, 0) is 6.54 Å². The van der Waals surface area contributed by atoms with E-state index < -0.39 is 0 Å². The Bertz CT molecular complexity index is 669. The summed E-state index contributed by atoms with van der Waals surface area (Å²) >= 11 is 8.65. The monoisotopic (exact) mass is 368 g/mol. The summed E-state index contributed by atoms with van der Waals surface area (Å²) in [5, 5.41) is 11.2. The fourth-order valence-electron chi connectivity index (χ4n) is 1.92. The van der Waals surface area contributed by atoms with Crippen LogP contribution in [0, 0.1) is 5.82 Å². The zero-order valence-electron chi connectivity index (χ0n) is 11.1. The zero-order valence-corrected chi connectivity index (χ0v) is 13.5. The molecule has 0 aliphatic heterocycles. The summed E-state index contributed by atoms with van der Waals surface area (Å²) in [6, 6.07) is 7.17. The third-order valence-corrected chi connectivity index (χ3v) is 3.95. The SMILES string of the molecule is Fc1ccccc1Cn1cc(Br)c(NC(=S)NC2CC2)n1. The van der Waals surface area contributed by atoms with Gasteiger partial charge in [-0.3, -0.25) is 4.68 Å². The minimum absolute atomic E-state index is 0.232. The molecule has 1 heterocycles. The molecule has 21 heavy (non-hydrogen) atoms. The van der Waals surface area contributed by atoms with Crippen LogP contribution in [0.5, 0.6) is 0 Å². The number of thiocarbonyl (C=S) groups is 1. The molecule has 4 nitrogen and oxygen atoms in total. The van der Waals surface area contributed by atoms with Gasteiger partial charge in [-0.2, -0.15) is 5.10 Å². The van der Waals surface area contributed by atoms with Gasteiger partial charge in [-0.15, -0.1) is 0 Å². The molecule has 2 aromatic rings. The van der Waals surface area contributed by atoms with E-state index in [0.29, 0.717) is 29.1 Å². The molecule has 7 heteroatoms. The highest BCUT2D eigenvalue weighted by atomic mass is 79.9. The van der Waals surface area contributed by atoms with E-state index in [1.165, 1.54) is 6.07 Å². The van der Waals surface area contributed by atoms with Crippen LogP contribution in [0.1, 0.15) is 18.4 Å². The van der Waals surface area contributed by atoms with Crippen LogP contribution in [0.2, 0.25) is 0 Å². The Morgan fingerprint density at radius 1 is 1.43 bits per heavy atom. The van der Waals surface area contributed by atoms with Gasteiger partial charge in [0.1, 0.15) is 5.82 Å². The van der Waals surface area contributed by atoms with E-state index >= 15 is 0 Å². The van der Waals surface area contributed by atoms with Gasteiger partial charge in [-0.05, 0) is 47.1 Å². The van der Waals surface area contributed by atoms with Crippen LogP contribution in [0.3, 0.4) is 0 Å². The molecule has 0 bridgehead atoms. The number of halogens is 2. The first-order valence-corrected chi connectivity index (χ1v) is 7.86. The minimum Gasteiger partial charge on any atom is -0.360 e. The summed E-state index contributed by atoms with van der Waals surface area (Å²) in [6.45, 7) is 0.371. The Hall–Kier alpha value is -1.47. The average Bonchev–Trinajstić information content (AvgIpc) is 3.17. The number of hydrogen-bond donors (Lipinski definition) is 2. The summed E-state index contributed by atoms with van der Waals surface area (Å²) in [5.74, 6) is 0.397. The number of nitrogens with zero attached hydrogens (tertiary/aromatic N) is 2. The second kappa shape index (κ2) is 6.11. The molecular formula is C14H14BrFN4S. The van der Waals surface area contributed by atoms with Crippen molar-refractivity contribution in [3.8, 4) is 0 Å². The molecule has 1 aliphatic rings. The molecular weight excluding hydrogens is 355 g/mol. The maximum absolute atomic E-state index is 13.6. The Morgan fingerprint density at radius 3 is 2.90 bits per heavy atom. The predicted molar refractivity (Wildman–Crippen MR) is 87.8 cm³/mol. The Labute approximate surface area is 135 Å². The van der Waals surface area contributed by atoms with E-state index in [1.807, 2.05) is 6.07 Å². The lowest BCUT2D eigenvalue weighted by Gasteiger charge is -2.07. The molecule has 2 N–H and O–H groups in total. The minimum atomic E-state index is -0.232. The van der Waals surface area contributed by atoms with Crippen LogP contribution < -0.4 is 10.6 Å². The van der Waals surface area contributed by atoms with Crippen LogP contribution in [0.15, 0.2) is 34.9 Å². The number of aromatic nitrogens is 2. The van der Waals surface area contributed by atoms with Crippen molar-refractivity contribution in [2.24, 2.45) is 0 Å². The van der Waals surface area contributed by atoms with Crippen molar-refractivity contribution >= 4 is 39.1 Å². The Balaban J connectivity index is 1.68. The van der Waals surface area contributed by atoms with Crippen molar-refractivity contribution in [2.75, 3.05) is 5.32 Å². The molecule has 3 rings (SSSR count). The summed E-state index contributed by atoms with van der Waals surface area (Å²) in [7, 11) is 0. The molecule has 110 valence electrons. The average molecular weight is 369 g/mol. The largest absolute Gasteiger partial charge is 0.360 e. The van der Waals surface area contributed by atoms with Gasteiger partial charge in [0.05, 0.1) is 11.0 Å². The Morgan fingerprint density at radius 2 is 2.19 bits per heavy atom. The summed E-state index contributed by atoms with van der Waals surface area (Å²) in [4.78, 5) is 0. The van der Waals surface area contributed by atoms with Gasteiger partial charge >= 0.3 is 0 Å². The van der Waals surface area contributed by atoms with E-state index in [0.717, 1.165) is 17.3 Å². The van der Waals surface area contributed by atoms with Gasteiger partial charge in [0.2, 0.25) is 0 Å². The van der Waals surface area contributed by atoms with Crippen LogP contribution >= 0.6 is 28.1 Å². The Kier molecular flexibility index (Phi) is 4.21. The zero-order chi connectivity index (χ0) is 14.8. The molecule has 1 fully saturated rings. The van der Waals surface area contributed by atoms with E-state index in [-0.39, 0.29) is 5.82 Å². The van der Waals surface area contributed by atoms with Gasteiger partial charge < -0.3 is 10.6 Å². The van der Waals surface area contributed by atoms with E-state index in [1.54, 1.807) is 23.0 Å². The fourth-order valence-corrected chi connectivity index (χ4v) is 2.60. The predicted octanol–water partition coefficient (Wildman–Crippen LogP) is 3.28. The van der Waals surface area contributed by atoms with E-state index in [4.69, 9.17) is 12.2 Å². The summed E-state index contributed by atoms with van der Waals surface area (Å²) in [6.07, 6.45) is 4.12. The lowest BCUT2D eigenvalue weighted by atomic mass is 10.2.